The molecule has 1 aliphatic heterocycles. The Hall–Kier alpha value is -6.31. The van der Waals surface area contributed by atoms with Gasteiger partial charge >= 0.3 is 0 Å². The molecule has 12 heteroatoms. The topological polar surface area (TPSA) is 148 Å². The summed E-state index contributed by atoms with van der Waals surface area (Å²) in [6, 6.07) is 33.6. The first kappa shape index (κ1) is 30.7. The summed E-state index contributed by atoms with van der Waals surface area (Å²) in [5.74, 6) is 0.555. The van der Waals surface area contributed by atoms with Crippen LogP contribution in [0.1, 0.15) is 22.3 Å². The van der Waals surface area contributed by atoms with Crippen LogP contribution in [-0.2, 0) is 6.61 Å². The van der Waals surface area contributed by atoms with E-state index in [1.165, 1.54) is 5.41 Å². The van der Waals surface area contributed by atoms with Gasteiger partial charge in [0.2, 0.25) is 0 Å². The number of fused-ring (bicyclic) bond motifs is 1. The number of aromatic nitrogens is 4. The summed E-state index contributed by atoms with van der Waals surface area (Å²) in [6.07, 6.45) is 10.2. The maximum Gasteiger partial charge on any atom is 0.121 e. The Morgan fingerprint density at radius 3 is 2.13 bits per heavy atom. The molecule has 0 unspecified atom stereocenters. The number of ether oxygens (including phenoxy) is 1. The number of nitriles is 2. The molecule has 0 saturated heterocycles. The standard InChI is InChI=1S/C25H20N4O3S.C10H8N4/c26-15-19-6-8-21(9-7-19)29(28-13-12-27-18-28)24-17-33(30,31)25-14-22(10-11-23(24)25)32-16-20-4-2-1-3-5-20;11-7-9-1-3-10(4-2-9)13-14-6-5-12-8-14/h1-14,17-18,30-31H,16H2;1-6,8,13H. The summed E-state index contributed by atoms with van der Waals surface area (Å²) in [6.45, 7) is 0.380. The van der Waals surface area contributed by atoms with E-state index in [9.17, 15) is 9.11 Å². The van der Waals surface area contributed by atoms with E-state index in [0.717, 1.165) is 16.9 Å². The number of imidazole rings is 2. The number of nitrogens with one attached hydrogen (secondary N) is 1. The largest absolute Gasteiger partial charge is 0.489 e. The maximum atomic E-state index is 10.9. The van der Waals surface area contributed by atoms with Gasteiger partial charge in [-0.2, -0.15) is 10.5 Å². The van der Waals surface area contributed by atoms with Gasteiger partial charge in [-0.3, -0.25) is 19.2 Å². The first-order valence-corrected chi connectivity index (χ1v) is 15.9. The molecule has 3 heterocycles. The molecule has 0 aliphatic carbocycles. The van der Waals surface area contributed by atoms with Gasteiger partial charge in [0.05, 0.1) is 50.6 Å². The zero-order valence-electron chi connectivity index (χ0n) is 24.8. The van der Waals surface area contributed by atoms with Gasteiger partial charge < -0.3 is 4.74 Å². The van der Waals surface area contributed by atoms with Crippen molar-refractivity contribution in [1.82, 2.24) is 19.3 Å². The molecule has 232 valence electrons. The second-order valence-electron chi connectivity index (χ2n) is 10.2. The molecule has 0 amide bonds. The number of hydrogen-bond donors (Lipinski definition) is 3. The number of rotatable bonds is 8. The van der Waals surface area contributed by atoms with Crippen molar-refractivity contribution in [2.75, 3.05) is 10.4 Å². The van der Waals surface area contributed by atoms with Gasteiger partial charge in [-0.15, -0.1) is 10.6 Å². The van der Waals surface area contributed by atoms with Crippen LogP contribution in [0.25, 0.3) is 5.70 Å². The van der Waals surface area contributed by atoms with E-state index in [1.54, 1.807) is 89.3 Å². The van der Waals surface area contributed by atoms with Crippen LogP contribution in [-0.4, -0.2) is 28.4 Å². The fraction of sp³-hybridized carbons (Fsp3) is 0.0286. The monoisotopic (exact) mass is 640 g/mol. The van der Waals surface area contributed by atoms with Crippen LogP contribution in [0.4, 0.5) is 11.4 Å². The van der Waals surface area contributed by atoms with Gasteiger partial charge in [-0.25, -0.2) is 19.7 Å². The summed E-state index contributed by atoms with van der Waals surface area (Å²) in [5, 5.41) is 21.0. The van der Waals surface area contributed by atoms with Crippen molar-refractivity contribution in [2.45, 2.75) is 11.5 Å². The molecule has 3 N–H and O–H groups in total. The molecule has 0 fully saturated rings. The summed E-state index contributed by atoms with van der Waals surface area (Å²) in [7, 11) is -3.19. The SMILES string of the molecule is N#Cc1ccc(N(C2=CS(O)(O)c3cc(OCc4ccccc4)ccc32)n2ccnc2)cc1.N#Cc1ccc(Nn2ccnc2)cc1. The molecule has 0 spiro atoms. The second kappa shape index (κ2) is 13.8. The minimum Gasteiger partial charge on any atom is -0.489 e. The van der Waals surface area contributed by atoms with Crippen LogP contribution < -0.4 is 15.2 Å². The maximum absolute atomic E-state index is 10.9. The normalized spacial score (nSPS) is 13.1. The quantitative estimate of drug-likeness (QED) is 0.155. The van der Waals surface area contributed by atoms with E-state index in [0.29, 0.717) is 39.6 Å². The Kier molecular flexibility index (Phi) is 8.99. The number of hydrogen-bond acceptors (Lipinski definition) is 9. The van der Waals surface area contributed by atoms with Crippen molar-refractivity contribution in [3.05, 3.63) is 162 Å². The molecule has 4 aromatic carbocycles. The summed E-state index contributed by atoms with van der Waals surface area (Å²) in [4.78, 5) is 8.44. The van der Waals surface area contributed by atoms with Crippen molar-refractivity contribution in [3.63, 3.8) is 0 Å². The fourth-order valence-corrected chi connectivity index (χ4v) is 6.23. The van der Waals surface area contributed by atoms with E-state index in [-0.39, 0.29) is 0 Å². The highest BCUT2D eigenvalue weighted by Gasteiger charge is 2.32. The molecule has 0 radical (unpaired) electrons. The molecule has 0 bridgehead atoms. The highest BCUT2D eigenvalue weighted by atomic mass is 32.3. The number of nitrogens with zero attached hydrogens (tertiary/aromatic N) is 7. The number of benzene rings is 4. The first-order valence-electron chi connectivity index (χ1n) is 14.3. The minimum absolute atomic E-state index is 0.380. The Labute approximate surface area is 272 Å². The van der Waals surface area contributed by atoms with Crippen LogP contribution in [0, 0.1) is 22.7 Å². The van der Waals surface area contributed by atoms with Gasteiger partial charge in [0, 0.05) is 36.4 Å². The average molecular weight is 641 g/mol. The van der Waals surface area contributed by atoms with Crippen LogP contribution in [0.15, 0.2) is 145 Å². The molecule has 11 nitrogen and oxygen atoms in total. The minimum atomic E-state index is -3.19. The van der Waals surface area contributed by atoms with Gasteiger partial charge in [-0.05, 0) is 66.2 Å². The van der Waals surface area contributed by atoms with E-state index < -0.39 is 10.6 Å². The molecule has 47 heavy (non-hydrogen) atoms. The van der Waals surface area contributed by atoms with E-state index in [4.69, 9.17) is 15.3 Å². The highest BCUT2D eigenvalue weighted by Crippen LogP contribution is 2.60. The third-order valence-electron chi connectivity index (χ3n) is 7.04. The number of anilines is 2. The van der Waals surface area contributed by atoms with E-state index in [1.807, 2.05) is 59.6 Å². The lowest BCUT2D eigenvalue weighted by Gasteiger charge is -2.27. The molecule has 1 aliphatic rings. The smallest absolute Gasteiger partial charge is 0.121 e. The molecular formula is C35H28N8O3S. The van der Waals surface area contributed by atoms with Crippen molar-refractivity contribution >= 4 is 27.7 Å². The predicted molar refractivity (Wildman–Crippen MR) is 180 cm³/mol. The molecule has 0 saturated carbocycles. The van der Waals surface area contributed by atoms with Crippen LogP contribution in [0.3, 0.4) is 0 Å². The van der Waals surface area contributed by atoms with E-state index in [2.05, 4.69) is 27.5 Å². The molecule has 2 aromatic heterocycles. The zero-order valence-corrected chi connectivity index (χ0v) is 25.6. The third-order valence-corrected chi connectivity index (χ3v) is 8.58. The highest BCUT2D eigenvalue weighted by molar-refractivity contribution is 8.27. The molecule has 7 rings (SSSR count). The summed E-state index contributed by atoms with van der Waals surface area (Å²) < 4.78 is 31.2. The van der Waals surface area contributed by atoms with Gasteiger partial charge in [-0.1, -0.05) is 30.3 Å². The lowest BCUT2D eigenvalue weighted by molar-refractivity contribution is 0.305. The lowest BCUT2D eigenvalue weighted by Crippen LogP contribution is -2.26. The summed E-state index contributed by atoms with van der Waals surface area (Å²) in [5.41, 5.74) is 8.23. The Bertz CT molecular complexity index is 2050. The predicted octanol–water partition coefficient (Wildman–Crippen LogP) is 7.36. The molecule has 6 aromatic rings. The Morgan fingerprint density at radius 1 is 0.809 bits per heavy atom. The Morgan fingerprint density at radius 2 is 1.49 bits per heavy atom. The molecule has 0 atom stereocenters. The average Bonchev–Trinajstić information content (AvgIpc) is 3.88. The molecular weight excluding hydrogens is 613 g/mol. The van der Waals surface area contributed by atoms with E-state index >= 15 is 0 Å². The van der Waals surface area contributed by atoms with Crippen LogP contribution >= 0.6 is 10.6 Å². The van der Waals surface area contributed by atoms with Crippen LogP contribution in [0.5, 0.6) is 5.75 Å². The lowest BCUT2D eigenvalue weighted by atomic mass is 10.1. The summed E-state index contributed by atoms with van der Waals surface area (Å²) >= 11 is 0. The van der Waals surface area contributed by atoms with Crippen molar-refractivity contribution < 1.29 is 13.8 Å². The fourth-order valence-electron chi connectivity index (χ4n) is 4.78. The van der Waals surface area contributed by atoms with Crippen molar-refractivity contribution in [2.24, 2.45) is 0 Å². The Balaban J connectivity index is 0.000000230. The van der Waals surface area contributed by atoms with Gasteiger partial charge in [0.1, 0.15) is 25.0 Å². The first-order chi connectivity index (χ1) is 22.9. The van der Waals surface area contributed by atoms with Crippen molar-refractivity contribution in [3.8, 4) is 17.9 Å². The van der Waals surface area contributed by atoms with Gasteiger partial charge in [0.25, 0.3) is 0 Å². The second-order valence-corrected chi connectivity index (χ2v) is 12.1. The third kappa shape index (κ3) is 7.17. The van der Waals surface area contributed by atoms with Gasteiger partial charge in [0.15, 0.2) is 0 Å². The van der Waals surface area contributed by atoms with Crippen molar-refractivity contribution in [1.29, 1.82) is 10.5 Å². The van der Waals surface area contributed by atoms with Crippen LogP contribution in [0.2, 0.25) is 0 Å². The zero-order chi connectivity index (χ0) is 32.6.